The van der Waals surface area contributed by atoms with Crippen molar-refractivity contribution in [3.63, 3.8) is 0 Å². The van der Waals surface area contributed by atoms with Gasteiger partial charge in [-0.05, 0) is 18.2 Å². The quantitative estimate of drug-likeness (QED) is 0.783. The summed E-state index contributed by atoms with van der Waals surface area (Å²) < 4.78 is 6.34. The lowest BCUT2D eigenvalue weighted by Gasteiger charge is -2.45. The van der Waals surface area contributed by atoms with Crippen molar-refractivity contribution in [1.82, 2.24) is 20.4 Å². The number of imide groups is 1. The normalized spacial score (nSPS) is 24.7. The van der Waals surface area contributed by atoms with Crippen molar-refractivity contribution in [3.8, 4) is 0 Å². The molecule has 0 spiro atoms. The summed E-state index contributed by atoms with van der Waals surface area (Å²) in [6.07, 6.45) is -0.150. The molecule has 2 saturated heterocycles. The largest absolute Gasteiger partial charge is 0.369 e. The molecule has 0 aromatic heterocycles. The van der Waals surface area contributed by atoms with Crippen LogP contribution in [0.3, 0.4) is 0 Å². The fourth-order valence-electron chi connectivity index (χ4n) is 4.32. The fraction of sp³-hybridized carbons (Fsp3) is 0.364. The molecule has 2 unspecified atom stereocenters. The zero-order valence-corrected chi connectivity index (χ0v) is 16.7. The van der Waals surface area contributed by atoms with Gasteiger partial charge in [-0.2, -0.15) is 0 Å². The molecule has 2 aliphatic rings. The number of urea groups is 1. The molecule has 0 radical (unpaired) electrons. The molecule has 152 valence electrons. The second-order valence-electron chi connectivity index (χ2n) is 7.58. The van der Waals surface area contributed by atoms with Crippen LogP contribution in [0.5, 0.6) is 0 Å². The first-order valence-electron chi connectivity index (χ1n) is 9.78. The molecule has 29 heavy (non-hydrogen) atoms. The lowest BCUT2D eigenvalue weighted by Crippen LogP contribution is -2.72. The van der Waals surface area contributed by atoms with Crippen LogP contribution >= 0.6 is 0 Å². The number of carbonyl (C=O) groups is 2. The van der Waals surface area contributed by atoms with Crippen LogP contribution in [0, 0.1) is 0 Å². The van der Waals surface area contributed by atoms with Gasteiger partial charge >= 0.3 is 6.03 Å². The van der Waals surface area contributed by atoms with E-state index in [9.17, 15) is 9.59 Å². The number of nitrogens with one attached hydrogen (secondary N) is 2. The maximum absolute atomic E-state index is 12.9. The number of fused-ring (bicyclic) bond motifs is 1. The van der Waals surface area contributed by atoms with E-state index in [-0.39, 0.29) is 24.2 Å². The van der Waals surface area contributed by atoms with E-state index in [1.165, 1.54) is 0 Å². The van der Waals surface area contributed by atoms with Crippen molar-refractivity contribution in [2.75, 3.05) is 27.4 Å². The number of amides is 3. The van der Waals surface area contributed by atoms with Gasteiger partial charge < -0.3 is 9.64 Å². The molecule has 2 fully saturated rings. The summed E-state index contributed by atoms with van der Waals surface area (Å²) in [4.78, 5) is 28.4. The third-order valence-corrected chi connectivity index (χ3v) is 5.95. The van der Waals surface area contributed by atoms with E-state index in [1.807, 2.05) is 72.6 Å². The number of likely N-dealkylation sites (N-methyl/N-ethyl adjacent to an activating group) is 2. The Bertz CT molecular complexity index is 837. The fourth-order valence-corrected chi connectivity index (χ4v) is 4.32. The third kappa shape index (κ3) is 3.42. The number of benzene rings is 2. The van der Waals surface area contributed by atoms with E-state index in [4.69, 9.17) is 4.74 Å². The maximum atomic E-state index is 12.9. The molecule has 4 rings (SSSR count). The third-order valence-electron chi connectivity index (χ3n) is 5.95. The van der Waals surface area contributed by atoms with E-state index < -0.39 is 5.54 Å². The van der Waals surface area contributed by atoms with Gasteiger partial charge in [0.2, 0.25) is 0 Å². The van der Waals surface area contributed by atoms with Crippen molar-refractivity contribution < 1.29 is 14.3 Å². The van der Waals surface area contributed by atoms with Crippen molar-refractivity contribution in [2.24, 2.45) is 0 Å². The first-order chi connectivity index (χ1) is 14.0. The number of nitrogens with zero attached hydrogens (tertiary/aromatic N) is 2. The van der Waals surface area contributed by atoms with Crippen LogP contribution in [0.1, 0.15) is 23.7 Å². The summed E-state index contributed by atoms with van der Waals surface area (Å²) in [6, 6.07) is 19.7. The van der Waals surface area contributed by atoms with E-state index >= 15 is 0 Å². The maximum Gasteiger partial charge on any atom is 0.325 e. The monoisotopic (exact) mass is 394 g/mol. The Balaban J connectivity index is 1.55. The van der Waals surface area contributed by atoms with Crippen LogP contribution in [0.25, 0.3) is 0 Å². The van der Waals surface area contributed by atoms with E-state index in [2.05, 4.69) is 10.6 Å². The van der Waals surface area contributed by atoms with Gasteiger partial charge in [0.15, 0.2) is 0 Å². The summed E-state index contributed by atoms with van der Waals surface area (Å²) in [5.74, 6) is -0.280. The highest BCUT2D eigenvalue weighted by molar-refractivity contribution is 6.03. The molecule has 0 saturated carbocycles. The Kier molecular flexibility index (Phi) is 5.36. The molecule has 2 atom stereocenters. The van der Waals surface area contributed by atoms with Crippen LogP contribution in [-0.4, -0.2) is 60.8 Å². The summed E-state index contributed by atoms with van der Waals surface area (Å²) >= 11 is 0. The molecule has 2 heterocycles. The molecule has 2 N–H and O–H groups in total. The smallest absolute Gasteiger partial charge is 0.325 e. The van der Waals surface area contributed by atoms with Gasteiger partial charge in [-0.25, -0.2) is 4.79 Å². The summed E-state index contributed by atoms with van der Waals surface area (Å²) in [5.41, 5.74) is 1.26. The standard InChI is InChI=1S/C22H26N4O3/c1-25-15-23-19-22(25,20(27)24-21(28)26(19)2)13-14-29-18(16-9-5-3-6-10-16)17-11-7-4-8-12-17/h3-12,18-19,23H,13-15H2,1-2H3,(H,24,27,28). The van der Waals surface area contributed by atoms with Gasteiger partial charge in [0.1, 0.15) is 17.8 Å². The van der Waals surface area contributed by atoms with Crippen LogP contribution in [0.15, 0.2) is 60.7 Å². The first kappa shape index (κ1) is 19.6. The van der Waals surface area contributed by atoms with Crippen LogP contribution < -0.4 is 10.6 Å². The van der Waals surface area contributed by atoms with Gasteiger partial charge in [-0.15, -0.1) is 0 Å². The average molecular weight is 394 g/mol. The minimum Gasteiger partial charge on any atom is -0.369 e. The van der Waals surface area contributed by atoms with Crippen LogP contribution in [-0.2, 0) is 9.53 Å². The van der Waals surface area contributed by atoms with E-state index in [1.54, 1.807) is 11.9 Å². The van der Waals surface area contributed by atoms with Gasteiger partial charge in [0.25, 0.3) is 5.91 Å². The van der Waals surface area contributed by atoms with Crippen molar-refractivity contribution >= 4 is 11.9 Å². The van der Waals surface area contributed by atoms with Gasteiger partial charge in [0, 0.05) is 13.5 Å². The van der Waals surface area contributed by atoms with Crippen molar-refractivity contribution in [2.45, 2.75) is 24.2 Å². The molecule has 2 aliphatic heterocycles. The minimum absolute atomic E-state index is 0.224. The zero-order valence-electron chi connectivity index (χ0n) is 16.7. The zero-order chi connectivity index (χ0) is 20.4. The van der Waals surface area contributed by atoms with Crippen molar-refractivity contribution in [3.05, 3.63) is 71.8 Å². The van der Waals surface area contributed by atoms with Crippen molar-refractivity contribution in [1.29, 1.82) is 0 Å². The second-order valence-corrected chi connectivity index (χ2v) is 7.58. The molecule has 7 nitrogen and oxygen atoms in total. The van der Waals surface area contributed by atoms with Gasteiger partial charge in [-0.3, -0.25) is 20.3 Å². The van der Waals surface area contributed by atoms with E-state index in [0.29, 0.717) is 19.7 Å². The molecule has 2 aromatic carbocycles. The number of ether oxygens (including phenoxy) is 1. The molecule has 3 amide bonds. The minimum atomic E-state index is -0.861. The first-order valence-corrected chi connectivity index (χ1v) is 9.78. The lowest BCUT2D eigenvalue weighted by atomic mass is 9.88. The topological polar surface area (TPSA) is 73.9 Å². The van der Waals surface area contributed by atoms with Gasteiger partial charge in [-0.1, -0.05) is 60.7 Å². The molecule has 0 aliphatic carbocycles. The lowest BCUT2D eigenvalue weighted by molar-refractivity contribution is -0.137. The Labute approximate surface area is 170 Å². The highest BCUT2D eigenvalue weighted by Gasteiger charge is 2.58. The van der Waals surface area contributed by atoms with Crippen LogP contribution in [0.2, 0.25) is 0 Å². The Morgan fingerprint density at radius 3 is 2.21 bits per heavy atom. The van der Waals surface area contributed by atoms with Gasteiger partial charge in [0.05, 0.1) is 13.3 Å². The average Bonchev–Trinajstić information content (AvgIpc) is 3.09. The van der Waals surface area contributed by atoms with E-state index in [0.717, 1.165) is 11.1 Å². The number of hydrogen-bond donors (Lipinski definition) is 2. The Morgan fingerprint density at radius 1 is 1.03 bits per heavy atom. The second kappa shape index (κ2) is 7.94. The molecular formula is C22H26N4O3. The summed E-state index contributed by atoms with van der Waals surface area (Å²) in [6.45, 7) is 0.892. The molecule has 0 bridgehead atoms. The van der Waals surface area contributed by atoms with Crippen LogP contribution in [0.4, 0.5) is 4.79 Å². The SMILES string of the molecule is CN1C(=O)NC(=O)C2(CCOC(c3ccccc3)c3ccccc3)C1NCN2C. The highest BCUT2D eigenvalue weighted by atomic mass is 16.5. The number of rotatable bonds is 6. The molecule has 2 aromatic rings. The summed E-state index contributed by atoms with van der Waals surface area (Å²) in [5, 5.41) is 5.76. The molecular weight excluding hydrogens is 368 g/mol. The predicted octanol–water partition coefficient (Wildman–Crippen LogP) is 1.92. The summed E-state index contributed by atoms with van der Waals surface area (Å²) in [7, 11) is 3.59. The molecule has 7 heteroatoms. The Morgan fingerprint density at radius 2 is 1.62 bits per heavy atom. The highest BCUT2D eigenvalue weighted by Crippen LogP contribution is 2.34. The Hall–Kier alpha value is -2.74. The number of hydrogen-bond acceptors (Lipinski definition) is 5. The predicted molar refractivity (Wildman–Crippen MR) is 109 cm³/mol. The number of carbonyl (C=O) groups excluding carboxylic acids is 2.